The molecule has 22 heavy (non-hydrogen) atoms. The van der Waals surface area contributed by atoms with Gasteiger partial charge in [-0.1, -0.05) is 43.0 Å². The van der Waals surface area contributed by atoms with Crippen molar-refractivity contribution in [3.8, 4) is 5.75 Å². The zero-order chi connectivity index (χ0) is 15.8. The van der Waals surface area contributed by atoms with Crippen LogP contribution in [0.15, 0.2) is 66.7 Å². The number of carbonyl (C=O) groups excluding carboxylic acids is 1. The van der Waals surface area contributed by atoms with Crippen LogP contribution in [0.4, 0.5) is 5.69 Å². The third-order valence-electron chi connectivity index (χ3n) is 3.09. The number of carbonyl (C=O) groups is 1. The summed E-state index contributed by atoms with van der Waals surface area (Å²) in [7, 11) is 0. The zero-order valence-corrected chi connectivity index (χ0v) is 12.8. The highest BCUT2D eigenvalue weighted by molar-refractivity contribution is 5.91. The van der Waals surface area contributed by atoms with Crippen LogP contribution in [0.25, 0.3) is 0 Å². The molecule has 0 saturated heterocycles. The molecule has 114 valence electrons. The maximum absolute atomic E-state index is 12.0. The molecule has 0 heterocycles. The lowest BCUT2D eigenvalue weighted by molar-refractivity contribution is -0.116. The molecule has 0 aromatic heterocycles. The minimum absolute atomic E-state index is 0.000837. The highest BCUT2D eigenvalue weighted by Gasteiger charge is 2.04. The van der Waals surface area contributed by atoms with Crippen molar-refractivity contribution in [2.45, 2.75) is 19.8 Å². The summed E-state index contributed by atoms with van der Waals surface area (Å²) in [6.07, 6.45) is 1.19. The smallest absolute Gasteiger partial charge is 0.224 e. The van der Waals surface area contributed by atoms with Gasteiger partial charge in [0.25, 0.3) is 0 Å². The molecule has 0 fully saturated rings. The van der Waals surface area contributed by atoms with Crippen molar-refractivity contribution in [1.82, 2.24) is 0 Å². The Morgan fingerprint density at radius 2 is 1.91 bits per heavy atom. The molecule has 0 radical (unpaired) electrons. The lowest BCUT2D eigenvalue weighted by Crippen LogP contribution is -2.12. The van der Waals surface area contributed by atoms with Gasteiger partial charge < -0.3 is 10.1 Å². The van der Waals surface area contributed by atoms with Gasteiger partial charge in [-0.3, -0.25) is 4.79 Å². The minimum atomic E-state index is 0.000837. The number of aryl methyl sites for hydroxylation is 1. The van der Waals surface area contributed by atoms with Gasteiger partial charge in [-0.15, -0.1) is 0 Å². The van der Waals surface area contributed by atoms with Gasteiger partial charge >= 0.3 is 0 Å². The molecular weight excluding hydrogens is 274 g/mol. The number of anilines is 1. The Labute approximate surface area is 131 Å². The van der Waals surface area contributed by atoms with Gasteiger partial charge in [0.1, 0.15) is 12.4 Å². The minimum Gasteiger partial charge on any atom is -0.489 e. The van der Waals surface area contributed by atoms with Crippen LogP contribution in [0.3, 0.4) is 0 Å². The van der Waals surface area contributed by atoms with Gasteiger partial charge in [-0.05, 0) is 36.6 Å². The van der Waals surface area contributed by atoms with E-state index in [1.54, 1.807) is 0 Å². The van der Waals surface area contributed by atoms with E-state index in [-0.39, 0.29) is 5.91 Å². The van der Waals surface area contributed by atoms with E-state index < -0.39 is 0 Å². The second-order valence-corrected chi connectivity index (χ2v) is 5.31. The van der Waals surface area contributed by atoms with E-state index in [0.29, 0.717) is 13.0 Å². The Morgan fingerprint density at radius 3 is 2.64 bits per heavy atom. The summed E-state index contributed by atoms with van der Waals surface area (Å²) in [6, 6.07) is 17.4. The largest absolute Gasteiger partial charge is 0.489 e. The highest BCUT2D eigenvalue weighted by atomic mass is 16.5. The maximum atomic E-state index is 12.0. The van der Waals surface area contributed by atoms with Crippen molar-refractivity contribution in [1.29, 1.82) is 0 Å². The molecule has 0 unspecified atom stereocenters. The first-order valence-corrected chi connectivity index (χ1v) is 7.34. The molecule has 1 N–H and O–H groups in total. The average molecular weight is 295 g/mol. The fraction of sp³-hybridized carbons (Fsp3) is 0.211. The topological polar surface area (TPSA) is 38.3 Å². The van der Waals surface area contributed by atoms with Crippen LogP contribution in [0.2, 0.25) is 0 Å². The summed E-state index contributed by atoms with van der Waals surface area (Å²) in [5.41, 5.74) is 2.87. The Bertz CT molecular complexity index is 635. The first kappa shape index (κ1) is 15.8. The van der Waals surface area contributed by atoms with E-state index in [1.165, 1.54) is 0 Å². The molecule has 0 aliphatic rings. The van der Waals surface area contributed by atoms with E-state index in [4.69, 9.17) is 4.74 Å². The molecule has 1 amide bonds. The molecule has 0 aliphatic heterocycles. The molecule has 2 rings (SSSR count). The number of nitrogens with one attached hydrogen (secondary N) is 1. The Kier molecular flexibility index (Phi) is 5.78. The number of rotatable bonds is 7. The number of benzene rings is 2. The van der Waals surface area contributed by atoms with E-state index >= 15 is 0 Å². The monoisotopic (exact) mass is 295 g/mol. The van der Waals surface area contributed by atoms with Gasteiger partial charge in [0, 0.05) is 18.2 Å². The van der Waals surface area contributed by atoms with Crippen LogP contribution < -0.4 is 10.1 Å². The molecular formula is C19H21NO2. The number of hydrogen-bond donors (Lipinski definition) is 1. The second-order valence-electron chi connectivity index (χ2n) is 5.31. The lowest BCUT2D eigenvalue weighted by atomic mass is 10.1. The second kappa shape index (κ2) is 8.03. The fourth-order valence-corrected chi connectivity index (χ4v) is 2.00. The van der Waals surface area contributed by atoms with E-state index in [0.717, 1.165) is 29.0 Å². The average Bonchev–Trinajstić information content (AvgIpc) is 2.52. The Balaban J connectivity index is 1.85. The van der Waals surface area contributed by atoms with Crippen LogP contribution in [-0.4, -0.2) is 12.5 Å². The molecule has 2 aromatic rings. The standard InChI is InChI=1S/C19H21NO2/c1-15(2)14-22-18-10-6-9-17(13-18)20-19(21)12-11-16-7-4-3-5-8-16/h3-10,13H,1,11-12,14H2,2H3,(H,20,21). The van der Waals surface area contributed by atoms with Gasteiger partial charge in [-0.2, -0.15) is 0 Å². The Hall–Kier alpha value is -2.55. The quantitative estimate of drug-likeness (QED) is 0.777. The van der Waals surface area contributed by atoms with Gasteiger partial charge in [0.05, 0.1) is 0 Å². The molecule has 3 heteroatoms. The SMILES string of the molecule is C=C(C)COc1cccc(NC(=O)CCc2ccccc2)c1. The van der Waals surface area contributed by atoms with Crippen molar-refractivity contribution in [2.75, 3.05) is 11.9 Å². The molecule has 3 nitrogen and oxygen atoms in total. The normalized spacial score (nSPS) is 10.0. The highest BCUT2D eigenvalue weighted by Crippen LogP contribution is 2.18. The molecule has 2 aromatic carbocycles. The predicted molar refractivity (Wildman–Crippen MR) is 90.1 cm³/mol. The molecule has 0 spiro atoms. The summed E-state index contributed by atoms with van der Waals surface area (Å²) in [4.78, 5) is 12.0. The van der Waals surface area contributed by atoms with Crippen molar-refractivity contribution in [2.24, 2.45) is 0 Å². The van der Waals surface area contributed by atoms with Crippen molar-refractivity contribution >= 4 is 11.6 Å². The van der Waals surface area contributed by atoms with Crippen molar-refractivity contribution in [3.63, 3.8) is 0 Å². The van der Waals surface area contributed by atoms with Crippen LogP contribution in [-0.2, 0) is 11.2 Å². The van der Waals surface area contributed by atoms with Gasteiger partial charge in [0.15, 0.2) is 0 Å². The van der Waals surface area contributed by atoms with Crippen molar-refractivity contribution in [3.05, 3.63) is 72.3 Å². The van der Waals surface area contributed by atoms with Crippen LogP contribution in [0, 0.1) is 0 Å². The summed E-state index contributed by atoms with van der Waals surface area (Å²) < 4.78 is 5.57. The molecule has 0 atom stereocenters. The van der Waals surface area contributed by atoms with Gasteiger partial charge in [0.2, 0.25) is 5.91 Å². The van der Waals surface area contributed by atoms with E-state index in [1.807, 2.05) is 61.5 Å². The van der Waals surface area contributed by atoms with Crippen LogP contribution in [0.1, 0.15) is 18.9 Å². The third kappa shape index (κ3) is 5.44. The van der Waals surface area contributed by atoms with Gasteiger partial charge in [-0.25, -0.2) is 0 Å². The summed E-state index contributed by atoms with van der Waals surface area (Å²) in [5.74, 6) is 0.727. The van der Waals surface area contributed by atoms with Crippen LogP contribution in [0.5, 0.6) is 5.75 Å². The van der Waals surface area contributed by atoms with Crippen molar-refractivity contribution < 1.29 is 9.53 Å². The fourth-order valence-electron chi connectivity index (χ4n) is 2.00. The predicted octanol–water partition coefficient (Wildman–Crippen LogP) is 4.21. The molecule has 0 saturated carbocycles. The summed E-state index contributed by atoms with van der Waals surface area (Å²) in [5, 5.41) is 2.90. The number of hydrogen-bond acceptors (Lipinski definition) is 2. The Morgan fingerprint density at radius 1 is 1.14 bits per heavy atom. The third-order valence-corrected chi connectivity index (χ3v) is 3.09. The maximum Gasteiger partial charge on any atom is 0.224 e. The van der Waals surface area contributed by atoms with E-state index in [9.17, 15) is 4.79 Å². The first-order chi connectivity index (χ1) is 10.6. The first-order valence-electron chi connectivity index (χ1n) is 7.34. The summed E-state index contributed by atoms with van der Waals surface area (Å²) >= 11 is 0. The zero-order valence-electron chi connectivity index (χ0n) is 12.8. The number of ether oxygens (including phenoxy) is 1. The van der Waals surface area contributed by atoms with Crippen LogP contribution >= 0.6 is 0 Å². The lowest BCUT2D eigenvalue weighted by Gasteiger charge is -2.09. The summed E-state index contributed by atoms with van der Waals surface area (Å²) in [6.45, 7) is 6.19. The molecule has 0 aliphatic carbocycles. The molecule has 0 bridgehead atoms. The van der Waals surface area contributed by atoms with E-state index in [2.05, 4.69) is 11.9 Å². The number of amides is 1.